The highest BCUT2D eigenvalue weighted by molar-refractivity contribution is 6.05. The molecule has 0 aliphatic heterocycles. The molecular weight excluding hydrogens is 372 g/mol. The van der Waals surface area contributed by atoms with Crippen LogP contribution in [0.25, 0.3) is 16.7 Å². The number of nitro benzene ring substituents is 1. The zero-order chi connectivity index (χ0) is 20.4. The van der Waals surface area contributed by atoms with Crippen LogP contribution in [0.5, 0.6) is 0 Å². The Hall–Kier alpha value is -4.58. The summed E-state index contributed by atoms with van der Waals surface area (Å²) in [7, 11) is 0. The third-order valence-electron chi connectivity index (χ3n) is 4.26. The van der Waals surface area contributed by atoms with Crippen LogP contribution < -0.4 is 5.32 Å². The number of nitrogens with one attached hydrogen (secondary N) is 1. The SMILES string of the molecule is N#Cc1cccc(NC(=O)c2ccc(-n3nnc4ccccc43)c([N+](=O)[O-])c2)c1. The fraction of sp³-hybridized carbons (Fsp3) is 0. The number of aromatic nitrogens is 3. The van der Waals surface area contributed by atoms with Gasteiger partial charge in [0.05, 0.1) is 22.1 Å². The summed E-state index contributed by atoms with van der Waals surface area (Å²) >= 11 is 0. The molecule has 0 radical (unpaired) electrons. The van der Waals surface area contributed by atoms with Crippen molar-refractivity contribution >= 4 is 28.3 Å². The third-order valence-corrected chi connectivity index (χ3v) is 4.26. The fourth-order valence-electron chi connectivity index (χ4n) is 2.91. The van der Waals surface area contributed by atoms with Gasteiger partial charge in [-0.05, 0) is 42.5 Å². The molecule has 4 rings (SSSR count). The highest BCUT2D eigenvalue weighted by Gasteiger charge is 2.21. The van der Waals surface area contributed by atoms with Gasteiger partial charge >= 0.3 is 0 Å². The van der Waals surface area contributed by atoms with Gasteiger partial charge in [0.2, 0.25) is 0 Å². The first-order valence-electron chi connectivity index (χ1n) is 8.47. The Bertz CT molecular complexity index is 1310. The predicted octanol–water partition coefficient (Wildman–Crippen LogP) is 3.45. The summed E-state index contributed by atoms with van der Waals surface area (Å²) < 4.78 is 1.37. The number of hydrogen-bond donors (Lipinski definition) is 1. The summed E-state index contributed by atoms with van der Waals surface area (Å²) in [6.07, 6.45) is 0. The second kappa shape index (κ2) is 7.21. The lowest BCUT2D eigenvalue weighted by molar-refractivity contribution is -0.384. The van der Waals surface area contributed by atoms with Gasteiger partial charge in [0, 0.05) is 17.3 Å². The van der Waals surface area contributed by atoms with E-state index in [1.165, 1.54) is 28.9 Å². The number of para-hydroxylation sites is 1. The Balaban J connectivity index is 1.72. The average molecular weight is 384 g/mol. The van der Waals surface area contributed by atoms with Gasteiger partial charge in [-0.3, -0.25) is 14.9 Å². The summed E-state index contributed by atoms with van der Waals surface area (Å²) in [5.41, 5.74) is 2.05. The standard InChI is InChI=1S/C20H12N6O3/c21-12-13-4-3-5-15(10-13)22-20(27)14-8-9-18(19(11-14)26(28)29)25-17-7-2-1-6-16(17)23-24-25/h1-11H,(H,22,27). The normalized spacial score (nSPS) is 10.4. The van der Waals surface area contributed by atoms with E-state index >= 15 is 0 Å². The molecule has 29 heavy (non-hydrogen) atoms. The van der Waals surface area contributed by atoms with Crippen molar-refractivity contribution in [1.29, 1.82) is 5.26 Å². The molecule has 1 aromatic heterocycles. The van der Waals surface area contributed by atoms with Gasteiger partial charge in [-0.25, -0.2) is 4.68 Å². The number of nitriles is 1. The van der Waals surface area contributed by atoms with Crippen LogP contribution in [-0.2, 0) is 0 Å². The first-order valence-corrected chi connectivity index (χ1v) is 8.47. The lowest BCUT2D eigenvalue weighted by Gasteiger charge is -2.08. The second-order valence-electron chi connectivity index (χ2n) is 6.10. The summed E-state index contributed by atoms with van der Waals surface area (Å²) in [5.74, 6) is -0.529. The van der Waals surface area contributed by atoms with Crippen LogP contribution in [0.1, 0.15) is 15.9 Å². The summed E-state index contributed by atoms with van der Waals surface area (Å²) in [5, 5.41) is 31.2. The molecule has 0 aliphatic carbocycles. The molecule has 1 amide bonds. The Kier molecular flexibility index (Phi) is 4.43. The highest BCUT2D eigenvalue weighted by atomic mass is 16.6. The van der Waals surface area contributed by atoms with Gasteiger partial charge in [0.25, 0.3) is 11.6 Å². The predicted molar refractivity (Wildman–Crippen MR) is 105 cm³/mol. The number of nitrogens with zero attached hydrogens (tertiary/aromatic N) is 5. The van der Waals surface area contributed by atoms with Gasteiger partial charge in [0.1, 0.15) is 11.2 Å². The Morgan fingerprint density at radius 3 is 2.72 bits per heavy atom. The molecule has 0 saturated heterocycles. The molecule has 0 atom stereocenters. The number of nitro groups is 1. The number of carbonyl (C=O) groups excluding carboxylic acids is 1. The lowest BCUT2D eigenvalue weighted by Crippen LogP contribution is -2.13. The third kappa shape index (κ3) is 3.38. The van der Waals surface area contributed by atoms with Gasteiger partial charge < -0.3 is 5.32 Å². The minimum atomic E-state index is -0.571. The number of carbonyl (C=O) groups is 1. The molecule has 0 unspecified atom stereocenters. The minimum absolute atomic E-state index is 0.104. The molecule has 3 aromatic carbocycles. The number of benzene rings is 3. The molecule has 140 valence electrons. The summed E-state index contributed by atoms with van der Waals surface area (Å²) in [6, 6.07) is 19.6. The van der Waals surface area contributed by atoms with E-state index in [-0.39, 0.29) is 16.9 Å². The lowest BCUT2D eigenvalue weighted by atomic mass is 10.1. The van der Waals surface area contributed by atoms with Crippen molar-refractivity contribution in [2.45, 2.75) is 0 Å². The van der Waals surface area contributed by atoms with E-state index in [2.05, 4.69) is 15.6 Å². The molecule has 0 saturated carbocycles. The molecule has 4 aromatic rings. The first-order chi connectivity index (χ1) is 14.1. The number of anilines is 1. The molecule has 9 heteroatoms. The smallest absolute Gasteiger partial charge is 0.295 e. The van der Waals surface area contributed by atoms with Crippen molar-refractivity contribution in [3.8, 4) is 11.8 Å². The van der Waals surface area contributed by atoms with Crippen molar-refractivity contribution in [3.05, 3.63) is 88.0 Å². The number of hydrogen-bond acceptors (Lipinski definition) is 6. The van der Waals surface area contributed by atoms with Crippen LogP contribution in [0.3, 0.4) is 0 Å². The summed E-state index contributed by atoms with van der Waals surface area (Å²) in [6.45, 7) is 0. The number of fused-ring (bicyclic) bond motifs is 1. The van der Waals surface area contributed by atoms with Crippen molar-refractivity contribution in [3.63, 3.8) is 0 Å². The first kappa shape index (κ1) is 17.8. The van der Waals surface area contributed by atoms with Crippen LogP contribution in [0.15, 0.2) is 66.7 Å². The number of amides is 1. The zero-order valence-corrected chi connectivity index (χ0v) is 14.8. The van der Waals surface area contributed by atoms with Gasteiger partial charge in [0.15, 0.2) is 0 Å². The fourth-order valence-corrected chi connectivity index (χ4v) is 2.91. The van der Waals surface area contributed by atoms with Gasteiger partial charge in [-0.15, -0.1) is 5.10 Å². The van der Waals surface area contributed by atoms with Gasteiger partial charge in [-0.2, -0.15) is 5.26 Å². The minimum Gasteiger partial charge on any atom is -0.322 e. The van der Waals surface area contributed by atoms with Crippen molar-refractivity contribution in [2.75, 3.05) is 5.32 Å². The quantitative estimate of drug-likeness (QED) is 0.424. The van der Waals surface area contributed by atoms with E-state index in [0.29, 0.717) is 22.3 Å². The van der Waals surface area contributed by atoms with E-state index in [0.717, 1.165) is 0 Å². The maximum atomic E-state index is 12.5. The molecule has 1 heterocycles. The maximum absolute atomic E-state index is 12.5. The van der Waals surface area contributed by atoms with E-state index in [9.17, 15) is 14.9 Å². The molecule has 0 aliphatic rings. The highest BCUT2D eigenvalue weighted by Crippen LogP contribution is 2.27. The largest absolute Gasteiger partial charge is 0.322 e. The van der Waals surface area contributed by atoms with Crippen molar-refractivity contribution < 1.29 is 9.72 Å². The van der Waals surface area contributed by atoms with Crippen LogP contribution in [0.2, 0.25) is 0 Å². The molecule has 0 spiro atoms. The van der Waals surface area contributed by atoms with Gasteiger partial charge in [-0.1, -0.05) is 23.4 Å². The van der Waals surface area contributed by atoms with Crippen LogP contribution in [-0.4, -0.2) is 25.8 Å². The zero-order valence-electron chi connectivity index (χ0n) is 14.8. The Labute approximate surface area is 164 Å². The monoisotopic (exact) mass is 384 g/mol. The molecule has 0 bridgehead atoms. The van der Waals surface area contributed by atoms with E-state index in [4.69, 9.17) is 5.26 Å². The summed E-state index contributed by atoms with van der Waals surface area (Å²) in [4.78, 5) is 23.6. The topological polar surface area (TPSA) is 127 Å². The molecule has 0 fully saturated rings. The molecular formula is C20H12N6O3. The average Bonchev–Trinajstić information content (AvgIpc) is 3.17. The maximum Gasteiger partial charge on any atom is 0.295 e. The second-order valence-corrected chi connectivity index (χ2v) is 6.10. The van der Waals surface area contributed by atoms with Crippen LogP contribution in [0, 0.1) is 21.4 Å². The van der Waals surface area contributed by atoms with Crippen molar-refractivity contribution in [1.82, 2.24) is 15.0 Å². The van der Waals surface area contributed by atoms with Crippen molar-refractivity contribution in [2.24, 2.45) is 0 Å². The van der Waals surface area contributed by atoms with E-state index < -0.39 is 10.8 Å². The van der Waals surface area contributed by atoms with Crippen LogP contribution in [0.4, 0.5) is 11.4 Å². The van der Waals surface area contributed by atoms with Crippen LogP contribution >= 0.6 is 0 Å². The molecule has 9 nitrogen and oxygen atoms in total. The Morgan fingerprint density at radius 2 is 1.93 bits per heavy atom. The van der Waals surface area contributed by atoms with E-state index in [1.54, 1.807) is 42.5 Å². The van der Waals surface area contributed by atoms with E-state index in [1.807, 2.05) is 6.07 Å². The molecule has 1 N–H and O–H groups in total. The Morgan fingerprint density at radius 1 is 1.10 bits per heavy atom. The number of rotatable bonds is 4.